The normalized spacial score (nSPS) is 12.6. The van der Waals surface area contributed by atoms with E-state index >= 15 is 0 Å². The molecule has 3 N–H and O–H groups in total. The fourth-order valence-electron chi connectivity index (χ4n) is 1.35. The van der Waals surface area contributed by atoms with Crippen LogP contribution >= 0.6 is 0 Å². The first-order valence-corrected chi connectivity index (χ1v) is 4.67. The van der Waals surface area contributed by atoms with E-state index in [0.717, 1.165) is 11.1 Å². The molecule has 0 radical (unpaired) electrons. The van der Waals surface area contributed by atoms with Crippen molar-refractivity contribution in [1.82, 2.24) is 0 Å². The second-order valence-corrected chi connectivity index (χ2v) is 3.53. The molecule has 0 aliphatic carbocycles. The van der Waals surface area contributed by atoms with E-state index in [-0.39, 0.29) is 11.7 Å². The van der Waals surface area contributed by atoms with Crippen LogP contribution in [0.2, 0.25) is 0 Å². The summed E-state index contributed by atoms with van der Waals surface area (Å²) in [7, 11) is 1.55. The number of rotatable bonds is 3. The van der Waals surface area contributed by atoms with Crippen LogP contribution in [0.5, 0.6) is 11.5 Å². The fraction of sp³-hybridized carbons (Fsp3) is 0.455. The first-order chi connectivity index (χ1) is 6.60. The Labute approximate surface area is 84.5 Å². The molecule has 14 heavy (non-hydrogen) atoms. The third kappa shape index (κ3) is 1.99. The van der Waals surface area contributed by atoms with E-state index in [0.29, 0.717) is 12.3 Å². The summed E-state index contributed by atoms with van der Waals surface area (Å²) in [5.74, 6) is 1.00. The van der Waals surface area contributed by atoms with Crippen LogP contribution in [-0.4, -0.2) is 18.8 Å². The van der Waals surface area contributed by atoms with Crippen molar-refractivity contribution in [3.8, 4) is 11.5 Å². The molecule has 3 nitrogen and oxygen atoms in total. The number of benzene rings is 1. The first-order valence-electron chi connectivity index (χ1n) is 4.67. The monoisotopic (exact) mass is 195 g/mol. The lowest BCUT2D eigenvalue weighted by molar-refractivity contribution is 0.371. The number of aromatic hydroxyl groups is 1. The van der Waals surface area contributed by atoms with E-state index in [9.17, 15) is 5.11 Å². The predicted octanol–water partition coefficient (Wildman–Crippen LogP) is 1.77. The fourth-order valence-corrected chi connectivity index (χ4v) is 1.35. The molecule has 0 fully saturated rings. The molecule has 0 saturated carbocycles. The maximum absolute atomic E-state index is 9.62. The maximum atomic E-state index is 9.62. The van der Waals surface area contributed by atoms with Crippen molar-refractivity contribution >= 4 is 0 Å². The number of nitrogens with two attached hydrogens (primary N) is 1. The minimum Gasteiger partial charge on any atom is -0.504 e. The third-order valence-corrected chi connectivity index (χ3v) is 2.43. The van der Waals surface area contributed by atoms with Gasteiger partial charge >= 0.3 is 0 Å². The van der Waals surface area contributed by atoms with Gasteiger partial charge in [0, 0.05) is 0 Å². The molecule has 1 aromatic carbocycles. The molecule has 78 valence electrons. The Morgan fingerprint density at radius 3 is 2.64 bits per heavy atom. The predicted molar refractivity (Wildman–Crippen MR) is 56.9 cm³/mol. The van der Waals surface area contributed by atoms with E-state index < -0.39 is 0 Å². The first kappa shape index (κ1) is 10.9. The van der Waals surface area contributed by atoms with Crippen molar-refractivity contribution in [2.24, 2.45) is 5.73 Å². The number of phenols is 1. The van der Waals surface area contributed by atoms with Crippen LogP contribution in [0, 0.1) is 6.92 Å². The molecule has 0 aliphatic heterocycles. The minimum absolute atomic E-state index is 0.209. The Bertz CT molecular complexity index is 323. The zero-order valence-corrected chi connectivity index (χ0v) is 8.87. The van der Waals surface area contributed by atoms with Gasteiger partial charge in [-0.3, -0.25) is 0 Å². The Balaban J connectivity index is 3.16. The van der Waals surface area contributed by atoms with Crippen molar-refractivity contribution in [3.05, 3.63) is 23.3 Å². The van der Waals surface area contributed by atoms with Crippen LogP contribution in [0.25, 0.3) is 0 Å². The summed E-state index contributed by atoms with van der Waals surface area (Å²) in [4.78, 5) is 0. The smallest absolute Gasteiger partial charge is 0.161 e. The molecule has 0 spiro atoms. The zero-order valence-electron chi connectivity index (χ0n) is 8.87. The van der Waals surface area contributed by atoms with Gasteiger partial charge in [-0.15, -0.1) is 0 Å². The van der Waals surface area contributed by atoms with Gasteiger partial charge in [-0.1, -0.05) is 13.0 Å². The van der Waals surface area contributed by atoms with Crippen LogP contribution in [0.4, 0.5) is 0 Å². The number of methoxy groups -OCH3 is 1. The average Bonchev–Trinajstić information content (AvgIpc) is 2.20. The van der Waals surface area contributed by atoms with Gasteiger partial charge in [0.1, 0.15) is 0 Å². The second kappa shape index (κ2) is 4.33. The molecule has 0 saturated heterocycles. The van der Waals surface area contributed by atoms with Gasteiger partial charge in [0.05, 0.1) is 7.11 Å². The second-order valence-electron chi connectivity index (χ2n) is 3.53. The molecular weight excluding hydrogens is 178 g/mol. The number of hydrogen-bond acceptors (Lipinski definition) is 3. The molecule has 0 aliphatic rings. The van der Waals surface area contributed by atoms with Crippen LogP contribution in [0.15, 0.2) is 12.1 Å². The van der Waals surface area contributed by atoms with E-state index in [4.69, 9.17) is 10.5 Å². The zero-order chi connectivity index (χ0) is 10.7. The quantitative estimate of drug-likeness (QED) is 0.772. The molecule has 1 rings (SSSR count). The van der Waals surface area contributed by atoms with Gasteiger partial charge in [0.25, 0.3) is 0 Å². The Kier molecular flexibility index (Phi) is 3.36. The van der Waals surface area contributed by atoms with Crippen LogP contribution < -0.4 is 10.5 Å². The lowest BCUT2D eigenvalue weighted by atomic mass is 9.98. The largest absolute Gasteiger partial charge is 0.504 e. The summed E-state index contributed by atoms with van der Waals surface area (Å²) < 4.78 is 5.07. The van der Waals surface area contributed by atoms with Gasteiger partial charge in [-0.25, -0.2) is 0 Å². The van der Waals surface area contributed by atoms with Gasteiger partial charge in [-0.05, 0) is 36.6 Å². The topological polar surface area (TPSA) is 55.5 Å². The van der Waals surface area contributed by atoms with Crippen LogP contribution in [-0.2, 0) is 0 Å². The van der Waals surface area contributed by atoms with Crippen molar-refractivity contribution in [2.75, 3.05) is 13.7 Å². The van der Waals surface area contributed by atoms with Crippen molar-refractivity contribution in [2.45, 2.75) is 19.8 Å². The van der Waals surface area contributed by atoms with Crippen LogP contribution in [0.3, 0.4) is 0 Å². The van der Waals surface area contributed by atoms with Crippen molar-refractivity contribution < 1.29 is 9.84 Å². The van der Waals surface area contributed by atoms with Gasteiger partial charge in [0.15, 0.2) is 11.5 Å². The highest BCUT2D eigenvalue weighted by molar-refractivity contribution is 5.48. The lowest BCUT2D eigenvalue weighted by Gasteiger charge is -2.13. The third-order valence-electron chi connectivity index (χ3n) is 2.43. The Hall–Kier alpha value is -1.22. The van der Waals surface area contributed by atoms with Gasteiger partial charge < -0.3 is 15.6 Å². The Morgan fingerprint density at radius 2 is 2.14 bits per heavy atom. The number of ether oxygens (including phenoxy) is 1. The Morgan fingerprint density at radius 1 is 1.50 bits per heavy atom. The summed E-state index contributed by atoms with van der Waals surface area (Å²) in [6.07, 6.45) is 0. The number of phenolic OH excluding ortho intramolecular Hbond substituents is 1. The van der Waals surface area contributed by atoms with E-state index in [1.54, 1.807) is 7.11 Å². The average molecular weight is 195 g/mol. The summed E-state index contributed by atoms with van der Waals surface area (Å²) >= 11 is 0. The molecule has 0 aromatic heterocycles. The molecule has 1 atom stereocenters. The summed E-state index contributed by atoms with van der Waals surface area (Å²) in [6, 6.07) is 3.77. The summed E-state index contributed by atoms with van der Waals surface area (Å²) in [5, 5.41) is 9.62. The van der Waals surface area contributed by atoms with Crippen LogP contribution in [0.1, 0.15) is 24.0 Å². The maximum Gasteiger partial charge on any atom is 0.161 e. The molecule has 3 heteroatoms. The molecule has 1 aromatic rings. The highest BCUT2D eigenvalue weighted by atomic mass is 16.5. The molecular formula is C11H17NO2. The lowest BCUT2D eigenvalue weighted by Crippen LogP contribution is -2.09. The highest BCUT2D eigenvalue weighted by Crippen LogP contribution is 2.32. The minimum atomic E-state index is 0.209. The number of hydrogen-bond donors (Lipinski definition) is 2. The molecule has 0 amide bonds. The molecule has 0 bridgehead atoms. The van der Waals surface area contributed by atoms with Gasteiger partial charge in [0.2, 0.25) is 0 Å². The van der Waals surface area contributed by atoms with E-state index in [1.807, 2.05) is 26.0 Å². The molecule has 0 heterocycles. The van der Waals surface area contributed by atoms with E-state index in [1.165, 1.54) is 0 Å². The summed E-state index contributed by atoms with van der Waals surface area (Å²) in [5.41, 5.74) is 7.50. The summed E-state index contributed by atoms with van der Waals surface area (Å²) in [6.45, 7) is 4.49. The molecule has 1 unspecified atom stereocenters. The van der Waals surface area contributed by atoms with Crippen molar-refractivity contribution in [3.63, 3.8) is 0 Å². The number of aryl methyl sites for hydroxylation is 1. The highest BCUT2D eigenvalue weighted by Gasteiger charge is 2.10. The van der Waals surface area contributed by atoms with E-state index in [2.05, 4.69) is 0 Å². The standard InChI is InChI=1S/C11H17NO2/c1-7-4-9(8(2)6-12)5-10(14-3)11(7)13/h4-5,8,13H,6,12H2,1-3H3. The SMILES string of the molecule is COc1cc(C(C)CN)cc(C)c1O. The van der Waals surface area contributed by atoms with Gasteiger partial charge in [-0.2, -0.15) is 0 Å². The van der Waals surface area contributed by atoms with Crippen molar-refractivity contribution in [1.29, 1.82) is 0 Å².